The Bertz CT molecular complexity index is 1360. The number of benzene rings is 2. The highest BCUT2D eigenvalue weighted by molar-refractivity contribution is 7.80. The Balaban J connectivity index is 1.63. The van der Waals surface area contributed by atoms with Crippen molar-refractivity contribution < 1.29 is 4.74 Å². The zero-order valence-electron chi connectivity index (χ0n) is 21.3. The van der Waals surface area contributed by atoms with E-state index in [4.69, 9.17) is 21.9 Å². The van der Waals surface area contributed by atoms with Gasteiger partial charge in [-0.2, -0.15) is 0 Å². The van der Waals surface area contributed by atoms with E-state index in [1.807, 2.05) is 44.6 Å². The Morgan fingerprint density at radius 2 is 1.64 bits per heavy atom. The van der Waals surface area contributed by atoms with E-state index >= 15 is 0 Å². The van der Waals surface area contributed by atoms with Crippen LogP contribution in [0.1, 0.15) is 34.7 Å². The second-order valence-electron chi connectivity index (χ2n) is 9.27. The minimum atomic E-state index is -0.0861. The van der Waals surface area contributed by atoms with Crippen molar-refractivity contribution in [3.63, 3.8) is 0 Å². The minimum absolute atomic E-state index is 0.0594. The third-order valence-corrected chi connectivity index (χ3v) is 7.18. The van der Waals surface area contributed by atoms with Gasteiger partial charge in [0.05, 0.1) is 24.9 Å². The van der Waals surface area contributed by atoms with Crippen LogP contribution in [0.15, 0.2) is 79.0 Å². The molecule has 36 heavy (non-hydrogen) atoms. The molecule has 2 aromatic carbocycles. The van der Waals surface area contributed by atoms with Crippen LogP contribution in [0, 0.1) is 13.8 Å². The van der Waals surface area contributed by atoms with Gasteiger partial charge < -0.3 is 24.4 Å². The first-order valence-electron chi connectivity index (χ1n) is 12.0. The largest absolute Gasteiger partial charge is 0.497 e. The molecule has 1 N–H and O–H groups in total. The normalized spacial score (nSPS) is 17.2. The molecule has 0 radical (unpaired) electrons. The number of nitrogens with one attached hydrogen (secondary N) is 1. The number of hydrogen-bond donors (Lipinski definition) is 1. The van der Waals surface area contributed by atoms with Crippen LogP contribution in [0.25, 0.3) is 5.69 Å². The summed E-state index contributed by atoms with van der Waals surface area (Å²) in [6.45, 7) is 4.32. The number of ether oxygens (including phenoxy) is 1. The van der Waals surface area contributed by atoms with E-state index < -0.39 is 0 Å². The molecular weight excluding hydrogens is 466 g/mol. The number of aryl methyl sites for hydroxylation is 1. The molecule has 2 aromatic heterocycles. The van der Waals surface area contributed by atoms with E-state index in [1.54, 1.807) is 7.11 Å². The quantitative estimate of drug-likeness (QED) is 0.343. The van der Waals surface area contributed by atoms with E-state index in [1.165, 1.54) is 11.3 Å². The predicted molar refractivity (Wildman–Crippen MR) is 150 cm³/mol. The topological polar surface area (TPSA) is 45.6 Å². The van der Waals surface area contributed by atoms with Crippen LogP contribution < -0.4 is 19.9 Å². The van der Waals surface area contributed by atoms with Crippen LogP contribution >= 0.6 is 12.2 Å². The number of aromatic nitrogens is 2. The van der Waals surface area contributed by atoms with Crippen LogP contribution in [-0.4, -0.2) is 35.9 Å². The molecule has 7 heteroatoms. The van der Waals surface area contributed by atoms with E-state index in [0.29, 0.717) is 5.11 Å². The first kappa shape index (κ1) is 23.9. The smallest absolute Gasteiger partial charge is 0.174 e. The van der Waals surface area contributed by atoms with Gasteiger partial charge in [0, 0.05) is 48.7 Å². The van der Waals surface area contributed by atoms with Crippen molar-refractivity contribution in [2.75, 3.05) is 31.0 Å². The molecule has 184 valence electrons. The summed E-state index contributed by atoms with van der Waals surface area (Å²) in [6.07, 6.45) is 1.84. The molecule has 0 unspecified atom stereocenters. The Hall–Kier alpha value is -3.84. The molecule has 0 aliphatic carbocycles. The fraction of sp³-hybridized carbons (Fsp3) is 0.241. The second-order valence-corrected chi connectivity index (χ2v) is 9.65. The number of nitrogens with zero attached hydrogens (tertiary/aromatic N) is 4. The molecule has 4 aromatic rings. The van der Waals surface area contributed by atoms with Crippen molar-refractivity contribution >= 4 is 28.7 Å². The van der Waals surface area contributed by atoms with Crippen molar-refractivity contribution in [3.8, 4) is 11.4 Å². The van der Waals surface area contributed by atoms with Crippen LogP contribution in [0.2, 0.25) is 0 Å². The number of anilines is 2. The lowest BCUT2D eigenvalue weighted by Gasteiger charge is -2.28. The summed E-state index contributed by atoms with van der Waals surface area (Å²) >= 11 is 5.92. The molecule has 1 aliphatic rings. The molecule has 0 amide bonds. The summed E-state index contributed by atoms with van der Waals surface area (Å²) in [4.78, 5) is 9.02. The standard InChI is InChI=1S/C29H31N5OS/c1-19-18-25(20(2)33(19)22-13-15-24(35-5)16-14-22)28-27(26-8-6-7-17-30-26)31-29(36)34(28)23-11-9-21(10-12-23)32(3)4/h6-18,27-28H,1-5H3,(H,31,36)/t27-,28+/m0/s1. The first-order chi connectivity index (χ1) is 17.4. The zero-order chi connectivity index (χ0) is 25.4. The second kappa shape index (κ2) is 9.66. The van der Waals surface area contributed by atoms with Gasteiger partial charge >= 0.3 is 0 Å². The van der Waals surface area contributed by atoms with Gasteiger partial charge in [-0.25, -0.2) is 0 Å². The minimum Gasteiger partial charge on any atom is -0.497 e. The first-order valence-corrected chi connectivity index (χ1v) is 12.4. The van der Waals surface area contributed by atoms with Crippen molar-refractivity contribution in [3.05, 3.63) is 102 Å². The van der Waals surface area contributed by atoms with Gasteiger partial charge in [-0.1, -0.05) is 6.07 Å². The van der Waals surface area contributed by atoms with Gasteiger partial charge in [0.15, 0.2) is 5.11 Å². The molecule has 0 spiro atoms. The number of hydrogen-bond acceptors (Lipinski definition) is 4. The van der Waals surface area contributed by atoms with Crippen molar-refractivity contribution in [2.24, 2.45) is 0 Å². The number of methoxy groups -OCH3 is 1. The van der Waals surface area contributed by atoms with Crippen molar-refractivity contribution in [1.29, 1.82) is 0 Å². The number of thiocarbonyl (C=S) groups is 1. The van der Waals surface area contributed by atoms with E-state index in [0.717, 1.165) is 34.2 Å². The lowest BCUT2D eigenvalue weighted by Crippen LogP contribution is -2.29. The third kappa shape index (κ3) is 4.20. The maximum atomic E-state index is 5.92. The van der Waals surface area contributed by atoms with Crippen LogP contribution in [0.5, 0.6) is 5.75 Å². The Kier molecular flexibility index (Phi) is 6.41. The van der Waals surface area contributed by atoms with Gasteiger partial charge in [-0.3, -0.25) is 4.98 Å². The van der Waals surface area contributed by atoms with E-state index in [2.05, 4.69) is 82.1 Å². The van der Waals surface area contributed by atoms with Gasteiger partial charge in [0.25, 0.3) is 0 Å². The maximum Gasteiger partial charge on any atom is 0.174 e. The molecule has 2 atom stereocenters. The molecule has 1 aliphatic heterocycles. The molecule has 5 rings (SSSR count). The predicted octanol–water partition coefficient (Wildman–Crippen LogP) is 5.74. The Labute approximate surface area is 218 Å². The summed E-state index contributed by atoms with van der Waals surface area (Å²) in [5.74, 6) is 0.842. The maximum absolute atomic E-state index is 5.92. The summed E-state index contributed by atoms with van der Waals surface area (Å²) in [6, 6.07) is 24.9. The molecular formula is C29H31N5OS. The number of pyridine rings is 1. The molecule has 3 heterocycles. The average molecular weight is 498 g/mol. The van der Waals surface area contributed by atoms with Gasteiger partial charge in [0.1, 0.15) is 5.75 Å². The van der Waals surface area contributed by atoms with Crippen molar-refractivity contribution in [1.82, 2.24) is 14.9 Å². The summed E-state index contributed by atoms with van der Waals surface area (Å²) in [5, 5.41) is 4.27. The lowest BCUT2D eigenvalue weighted by atomic mass is 9.96. The highest BCUT2D eigenvalue weighted by atomic mass is 32.1. The monoisotopic (exact) mass is 497 g/mol. The van der Waals surface area contributed by atoms with Gasteiger partial charge in [-0.05, 0) is 98.4 Å². The Morgan fingerprint density at radius 1 is 0.944 bits per heavy atom. The molecule has 0 saturated carbocycles. The molecule has 1 saturated heterocycles. The van der Waals surface area contributed by atoms with Crippen LogP contribution in [0.4, 0.5) is 11.4 Å². The fourth-order valence-corrected chi connectivity index (χ4v) is 5.42. The highest BCUT2D eigenvalue weighted by Crippen LogP contribution is 2.44. The Morgan fingerprint density at radius 3 is 2.25 bits per heavy atom. The lowest BCUT2D eigenvalue weighted by molar-refractivity contribution is 0.414. The average Bonchev–Trinajstić information content (AvgIpc) is 3.39. The molecule has 1 fully saturated rings. The van der Waals surface area contributed by atoms with Crippen molar-refractivity contribution in [2.45, 2.75) is 25.9 Å². The van der Waals surface area contributed by atoms with Crippen LogP contribution in [-0.2, 0) is 0 Å². The SMILES string of the molecule is COc1ccc(-n2c(C)cc([C@@H]3[C@H](c4ccccn4)NC(=S)N3c3ccc(N(C)C)cc3)c2C)cc1. The summed E-state index contributed by atoms with van der Waals surface area (Å²) < 4.78 is 7.66. The van der Waals surface area contributed by atoms with Gasteiger partial charge in [-0.15, -0.1) is 0 Å². The highest BCUT2D eigenvalue weighted by Gasteiger charge is 2.42. The number of rotatable bonds is 6. The molecule has 6 nitrogen and oxygen atoms in total. The van der Waals surface area contributed by atoms with Crippen LogP contribution in [0.3, 0.4) is 0 Å². The van der Waals surface area contributed by atoms with Gasteiger partial charge in [0.2, 0.25) is 0 Å². The summed E-state index contributed by atoms with van der Waals surface area (Å²) in [7, 11) is 5.78. The molecule has 0 bridgehead atoms. The fourth-order valence-electron chi connectivity index (χ4n) is 5.08. The summed E-state index contributed by atoms with van der Waals surface area (Å²) in [5.41, 5.74) is 7.80. The third-order valence-electron chi connectivity index (χ3n) is 6.86. The van der Waals surface area contributed by atoms with E-state index in [-0.39, 0.29) is 12.1 Å². The zero-order valence-corrected chi connectivity index (χ0v) is 22.1. The van der Waals surface area contributed by atoms with E-state index in [9.17, 15) is 0 Å².